The summed E-state index contributed by atoms with van der Waals surface area (Å²) in [5.41, 5.74) is 7.35. The standard InChI is InChI=1S/C15H19N3OS/c1-2-12-11(8-9-19-12)14-17-18-15(20-14)13(16)10-6-4-3-5-7-10/h3-7,11-13H,2,8-9,16H2,1H3. The molecule has 1 fully saturated rings. The lowest BCUT2D eigenvalue weighted by molar-refractivity contribution is 0.100. The van der Waals surface area contributed by atoms with Crippen LogP contribution in [0.2, 0.25) is 0 Å². The first kappa shape index (κ1) is 13.7. The number of rotatable bonds is 4. The van der Waals surface area contributed by atoms with E-state index in [0.29, 0.717) is 5.92 Å². The van der Waals surface area contributed by atoms with Crippen LogP contribution in [-0.2, 0) is 4.74 Å². The van der Waals surface area contributed by atoms with Crippen LogP contribution in [0.4, 0.5) is 0 Å². The Morgan fingerprint density at radius 2 is 2.15 bits per heavy atom. The minimum atomic E-state index is -0.190. The van der Waals surface area contributed by atoms with Crippen molar-refractivity contribution in [2.45, 2.75) is 37.8 Å². The predicted molar refractivity (Wildman–Crippen MR) is 79.8 cm³/mol. The monoisotopic (exact) mass is 289 g/mol. The van der Waals surface area contributed by atoms with Gasteiger partial charge in [-0.25, -0.2) is 0 Å². The molecule has 20 heavy (non-hydrogen) atoms. The van der Waals surface area contributed by atoms with Gasteiger partial charge in [-0.1, -0.05) is 48.6 Å². The maximum absolute atomic E-state index is 6.27. The molecule has 3 unspecified atom stereocenters. The van der Waals surface area contributed by atoms with Crippen molar-refractivity contribution < 1.29 is 4.74 Å². The second-order valence-corrected chi connectivity index (χ2v) is 6.12. The number of hydrogen-bond donors (Lipinski definition) is 1. The van der Waals surface area contributed by atoms with Crippen LogP contribution >= 0.6 is 11.3 Å². The van der Waals surface area contributed by atoms with Crippen molar-refractivity contribution >= 4 is 11.3 Å². The summed E-state index contributed by atoms with van der Waals surface area (Å²) in [4.78, 5) is 0. The minimum absolute atomic E-state index is 0.190. The van der Waals surface area contributed by atoms with Gasteiger partial charge >= 0.3 is 0 Å². The normalized spacial score (nSPS) is 23.9. The summed E-state index contributed by atoms with van der Waals surface area (Å²) in [6.45, 7) is 2.98. The molecule has 1 aromatic carbocycles. The van der Waals surface area contributed by atoms with Gasteiger partial charge in [0.15, 0.2) is 0 Å². The van der Waals surface area contributed by atoms with E-state index in [4.69, 9.17) is 10.5 Å². The second-order valence-electron chi connectivity index (χ2n) is 5.08. The lowest BCUT2D eigenvalue weighted by atomic mass is 10.0. The maximum atomic E-state index is 6.27. The number of hydrogen-bond acceptors (Lipinski definition) is 5. The van der Waals surface area contributed by atoms with Gasteiger partial charge < -0.3 is 10.5 Å². The Labute approximate surface area is 123 Å². The highest BCUT2D eigenvalue weighted by atomic mass is 32.1. The van der Waals surface area contributed by atoms with E-state index in [9.17, 15) is 0 Å². The fourth-order valence-corrected chi connectivity index (χ4v) is 3.72. The van der Waals surface area contributed by atoms with Crippen molar-refractivity contribution in [3.8, 4) is 0 Å². The molecule has 1 saturated heterocycles. The van der Waals surface area contributed by atoms with E-state index in [-0.39, 0.29) is 12.1 Å². The van der Waals surface area contributed by atoms with E-state index in [1.165, 1.54) is 0 Å². The molecule has 0 spiro atoms. The van der Waals surface area contributed by atoms with E-state index < -0.39 is 0 Å². The van der Waals surface area contributed by atoms with E-state index >= 15 is 0 Å². The SMILES string of the molecule is CCC1OCCC1c1nnc(C(N)c2ccccc2)s1. The Hall–Kier alpha value is -1.30. The predicted octanol–water partition coefficient (Wildman–Crippen LogP) is 2.87. The molecule has 2 heterocycles. The van der Waals surface area contributed by atoms with Gasteiger partial charge in [-0.05, 0) is 18.4 Å². The Balaban J connectivity index is 1.80. The fraction of sp³-hybridized carbons (Fsp3) is 0.467. The van der Waals surface area contributed by atoms with Gasteiger partial charge in [0.2, 0.25) is 0 Å². The molecule has 1 aliphatic heterocycles. The van der Waals surface area contributed by atoms with Crippen LogP contribution < -0.4 is 5.73 Å². The van der Waals surface area contributed by atoms with Crippen LogP contribution in [-0.4, -0.2) is 22.9 Å². The molecule has 0 bridgehead atoms. The molecular formula is C15H19N3OS. The van der Waals surface area contributed by atoms with Crippen molar-refractivity contribution in [2.24, 2.45) is 5.73 Å². The lowest BCUT2D eigenvalue weighted by Crippen LogP contribution is -2.12. The third-order valence-electron chi connectivity index (χ3n) is 3.81. The van der Waals surface area contributed by atoms with Crippen LogP contribution in [0.3, 0.4) is 0 Å². The Morgan fingerprint density at radius 3 is 2.90 bits per heavy atom. The number of ether oxygens (including phenoxy) is 1. The van der Waals surface area contributed by atoms with E-state index in [0.717, 1.165) is 35.0 Å². The van der Waals surface area contributed by atoms with Crippen LogP contribution in [0.15, 0.2) is 30.3 Å². The molecule has 1 aromatic heterocycles. The number of nitrogens with two attached hydrogens (primary N) is 1. The lowest BCUT2D eigenvalue weighted by Gasteiger charge is -2.13. The first-order chi connectivity index (χ1) is 9.79. The molecule has 0 saturated carbocycles. The van der Waals surface area contributed by atoms with Gasteiger partial charge in [0.05, 0.1) is 12.1 Å². The second kappa shape index (κ2) is 5.99. The maximum Gasteiger partial charge on any atom is 0.138 e. The molecule has 3 atom stereocenters. The molecule has 3 rings (SSSR count). The first-order valence-corrected chi connectivity index (χ1v) is 7.86. The van der Waals surface area contributed by atoms with E-state index in [1.807, 2.05) is 30.3 Å². The highest BCUT2D eigenvalue weighted by molar-refractivity contribution is 7.11. The van der Waals surface area contributed by atoms with Gasteiger partial charge in [-0.3, -0.25) is 0 Å². The quantitative estimate of drug-likeness (QED) is 0.940. The summed E-state index contributed by atoms with van der Waals surface area (Å²) >= 11 is 1.62. The van der Waals surface area contributed by atoms with Crippen molar-refractivity contribution in [1.82, 2.24) is 10.2 Å². The van der Waals surface area contributed by atoms with Gasteiger partial charge in [0, 0.05) is 12.5 Å². The Bertz CT molecular complexity index is 557. The average Bonchev–Trinajstić information content (AvgIpc) is 3.15. The zero-order valence-electron chi connectivity index (χ0n) is 11.5. The average molecular weight is 289 g/mol. The molecule has 2 N–H and O–H groups in total. The number of aromatic nitrogens is 2. The van der Waals surface area contributed by atoms with E-state index in [1.54, 1.807) is 11.3 Å². The molecule has 5 heteroatoms. The van der Waals surface area contributed by atoms with Gasteiger partial charge in [0.25, 0.3) is 0 Å². The number of benzene rings is 1. The van der Waals surface area contributed by atoms with Gasteiger partial charge in [-0.15, -0.1) is 10.2 Å². The highest BCUT2D eigenvalue weighted by Gasteiger charge is 2.31. The summed E-state index contributed by atoms with van der Waals surface area (Å²) in [6.07, 6.45) is 2.33. The minimum Gasteiger partial charge on any atom is -0.377 e. The number of nitrogens with zero attached hydrogens (tertiary/aromatic N) is 2. The summed E-state index contributed by atoms with van der Waals surface area (Å²) in [5, 5.41) is 10.6. The molecule has 4 nitrogen and oxygen atoms in total. The molecule has 0 radical (unpaired) electrons. The summed E-state index contributed by atoms with van der Waals surface area (Å²) in [7, 11) is 0. The Morgan fingerprint density at radius 1 is 1.35 bits per heavy atom. The van der Waals surface area contributed by atoms with Gasteiger partial charge in [0.1, 0.15) is 10.0 Å². The molecule has 106 valence electrons. The van der Waals surface area contributed by atoms with Crippen molar-refractivity contribution in [1.29, 1.82) is 0 Å². The first-order valence-electron chi connectivity index (χ1n) is 7.05. The molecule has 0 amide bonds. The summed E-state index contributed by atoms with van der Waals surface area (Å²) < 4.78 is 5.73. The van der Waals surface area contributed by atoms with Crippen LogP contribution in [0, 0.1) is 0 Å². The topological polar surface area (TPSA) is 61.0 Å². The van der Waals surface area contributed by atoms with Crippen LogP contribution in [0.25, 0.3) is 0 Å². The van der Waals surface area contributed by atoms with E-state index in [2.05, 4.69) is 17.1 Å². The fourth-order valence-electron chi connectivity index (χ4n) is 2.66. The molecule has 2 aromatic rings. The van der Waals surface area contributed by atoms with Crippen LogP contribution in [0.1, 0.15) is 47.3 Å². The van der Waals surface area contributed by atoms with Crippen molar-refractivity contribution in [2.75, 3.05) is 6.61 Å². The largest absolute Gasteiger partial charge is 0.377 e. The Kier molecular flexibility index (Phi) is 4.10. The molecule has 1 aliphatic rings. The third-order valence-corrected chi connectivity index (χ3v) is 4.95. The third kappa shape index (κ3) is 2.61. The van der Waals surface area contributed by atoms with Gasteiger partial charge in [-0.2, -0.15) is 0 Å². The molecular weight excluding hydrogens is 270 g/mol. The summed E-state index contributed by atoms with van der Waals surface area (Å²) in [5.74, 6) is 0.384. The zero-order chi connectivity index (χ0) is 13.9. The van der Waals surface area contributed by atoms with Crippen molar-refractivity contribution in [3.05, 3.63) is 45.9 Å². The van der Waals surface area contributed by atoms with Crippen LogP contribution in [0.5, 0.6) is 0 Å². The summed E-state index contributed by atoms with van der Waals surface area (Å²) in [6, 6.07) is 9.84. The zero-order valence-corrected chi connectivity index (χ0v) is 12.3. The smallest absolute Gasteiger partial charge is 0.138 e. The highest BCUT2D eigenvalue weighted by Crippen LogP contribution is 2.36. The molecule has 0 aliphatic carbocycles. The van der Waals surface area contributed by atoms with Crippen molar-refractivity contribution in [3.63, 3.8) is 0 Å².